The van der Waals surface area contributed by atoms with Crippen LogP contribution in [0.15, 0.2) is 24.3 Å². The predicted molar refractivity (Wildman–Crippen MR) is 78.5 cm³/mol. The topological polar surface area (TPSA) is 78.0 Å². The van der Waals surface area contributed by atoms with E-state index in [2.05, 4.69) is 5.10 Å². The second kappa shape index (κ2) is 5.87. The summed E-state index contributed by atoms with van der Waals surface area (Å²) in [6.07, 6.45) is 0.706. The number of benzene rings is 1. The van der Waals surface area contributed by atoms with Gasteiger partial charge in [0.2, 0.25) is 0 Å². The van der Waals surface area contributed by atoms with Crippen molar-refractivity contribution < 1.29 is 9.72 Å². The maximum absolute atomic E-state index is 11.6. The van der Waals surface area contributed by atoms with Crippen molar-refractivity contribution in [2.75, 3.05) is 0 Å². The zero-order chi connectivity index (χ0) is 15.6. The lowest BCUT2D eigenvalue weighted by Gasteiger charge is -2.05. The van der Waals surface area contributed by atoms with Crippen LogP contribution in [0.5, 0.6) is 0 Å². The Bertz CT molecular complexity index is 687. The van der Waals surface area contributed by atoms with Crippen molar-refractivity contribution in [1.82, 2.24) is 9.78 Å². The van der Waals surface area contributed by atoms with Crippen molar-refractivity contribution in [3.8, 4) is 0 Å². The van der Waals surface area contributed by atoms with Gasteiger partial charge < -0.3 is 0 Å². The first kappa shape index (κ1) is 14.9. The van der Waals surface area contributed by atoms with Crippen LogP contribution in [0.1, 0.15) is 34.2 Å². The van der Waals surface area contributed by atoms with Crippen LogP contribution in [0.4, 0.5) is 5.69 Å². The molecule has 0 fully saturated rings. The number of hydrogen-bond donors (Lipinski definition) is 0. The first-order chi connectivity index (χ1) is 9.90. The fourth-order valence-electron chi connectivity index (χ4n) is 2.44. The van der Waals surface area contributed by atoms with Crippen molar-refractivity contribution >= 4 is 11.5 Å². The molecule has 0 saturated heterocycles. The maximum Gasteiger partial charge on any atom is 0.269 e. The van der Waals surface area contributed by atoms with Gasteiger partial charge in [0.25, 0.3) is 5.69 Å². The fraction of sp³-hybridized carbons (Fsp3) is 0.333. The van der Waals surface area contributed by atoms with Crippen LogP contribution in [0.25, 0.3) is 0 Å². The largest absolute Gasteiger partial charge is 0.294 e. The van der Waals surface area contributed by atoms with Crippen LogP contribution in [-0.2, 0) is 13.0 Å². The second-order valence-electron chi connectivity index (χ2n) is 5.00. The molecule has 6 heteroatoms. The molecule has 110 valence electrons. The van der Waals surface area contributed by atoms with Gasteiger partial charge in [0.1, 0.15) is 0 Å². The highest BCUT2D eigenvalue weighted by Crippen LogP contribution is 2.16. The van der Waals surface area contributed by atoms with Crippen LogP contribution in [0.3, 0.4) is 0 Å². The minimum atomic E-state index is -0.413. The summed E-state index contributed by atoms with van der Waals surface area (Å²) in [5.41, 5.74) is 3.37. The summed E-state index contributed by atoms with van der Waals surface area (Å²) in [5, 5.41) is 15.0. The van der Waals surface area contributed by atoms with E-state index in [1.807, 2.05) is 18.5 Å². The summed E-state index contributed by atoms with van der Waals surface area (Å²) in [6, 6.07) is 6.49. The normalized spacial score (nSPS) is 10.6. The minimum Gasteiger partial charge on any atom is -0.294 e. The lowest BCUT2D eigenvalue weighted by molar-refractivity contribution is -0.384. The van der Waals surface area contributed by atoms with E-state index in [0.717, 1.165) is 17.0 Å². The van der Waals surface area contributed by atoms with Crippen LogP contribution < -0.4 is 0 Å². The smallest absolute Gasteiger partial charge is 0.269 e. The Morgan fingerprint density at radius 1 is 1.29 bits per heavy atom. The van der Waals surface area contributed by atoms with E-state index >= 15 is 0 Å². The highest BCUT2D eigenvalue weighted by molar-refractivity contribution is 5.96. The van der Waals surface area contributed by atoms with Crippen molar-refractivity contribution in [2.24, 2.45) is 0 Å². The number of nitrogens with zero attached hydrogens (tertiary/aromatic N) is 3. The second-order valence-corrected chi connectivity index (χ2v) is 5.00. The molecule has 0 radical (unpaired) electrons. The number of aromatic nitrogens is 2. The number of nitro benzene ring substituents is 1. The number of non-ortho nitro benzene ring substituents is 1. The molecular weight excluding hydrogens is 270 g/mol. The number of ketones is 1. The molecule has 1 aromatic heterocycles. The summed E-state index contributed by atoms with van der Waals surface area (Å²) in [6.45, 7) is 5.88. The number of carbonyl (C=O) groups is 1. The van der Waals surface area contributed by atoms with Gasteiger partial charge in [0.15, 0.2) is 5.78 Å². The molecule has 2 rings (SSSR count). The monoisotopic (exact) mass is 287 g/mol. The molecule has 0 atom stereocenters. The van der Waals surface area contributed by atoms with Gasteiger partial charge >= 0.3 is 0 Å². The van der Waals surface area contributed by atoms with E-state index in [-0.39, 0.29) is 11.5 Å². The maximum atomic E-state index is 11.6. The molecule has 2 aromatic rings. The molecular formula is C15H17N3O3. The molecule has 6 nitrogen and oxygen atoms in total. The van der Waals surface area contributed by atoms with Crippen LogP contribution >= 0.6 is 0 Å². The quantitative estimate of drug-likeness (QED) is 0.481. The van der Waals surface area contributed by atoms with Gasteiger partial charge in [0.05, 0.1) is 16.2 Å². The number of rotatable bonds is 5. The van der Waals surface area contributed by atoms with Crippen LogP contribution in [0.2, 0.25) is 0 Å². The first-order valence-electron chi connectivity index (χ1n) is 6.68. The fourth-order valence-corrected chi connectivity index (χ4v) is 2.44. The molecule has 1 heterocycles. The first-order valence-corrected chi connectivity index (χ1v) is 6.68. The number of aryl methyl sites for hydroxylation is 3. The highest BCUT2D eigenvalue weighted by atomic mass is 16.6. The van der Waals surface area contributed by atoms with E-state index < -0.39 is 4.92 Å². The molecule has 0 N–H and O–H groups in total. The van der Waals surface area contributed by atoms with Crippen molar-refractivity contribution in [1.29, 1.82) is 0 Å². The highest BCUT2D eigenvalue weighted by Gasteiger charge is 2.15. The van der Waals surface area contributed by atoms with Crippen LogP contribution in [0, 0.1) is 24.0 Å². The van der Waals surface area contributed by atoms with Gasteiger partial charge in [-0.2, -0.15) is 5.10 Å². The average molecular weight is 287 g/mol. The molecule has 0 aliphatic rings. The number of nitro groups is 1. The SMILES string of the molecule is CC(=O)c1c(C)nn(CCc2ccc([N+](=O)[O-])cc2)c1C. The molecule has 1 aromatic carbocycles. The summed E-state index contributed by atoms with van der Waals surface area (Å²) in [4.78, 5) is 21.7. The molecule has 0 unspecified atom stereocenters. The molecule has 0 spiro atoms. The Morgan fingerprint density at radius 3 is 2.38 bits per heavy atom. The van der Waals surface area contributed by atoms with Gasteiger partial charge in [-0.3, -0.25) is 19.6 Å². The third kappa shape index (κ3) is 3.16. The summed E-state index contributed by atoms with van der Waals surface area (Å²) in [7, 11) is 0. The molecule has 21 heavy (non-hydrogen) atoms. The van der Waals surface area contributed by atoms with Gasteiger partial charge in [-0.05, 0) is 32.8 Å². The molecule has 0 bridgehead atoms. The van der Waals surface area contributed by atoms with E-state index in [1.165, 1.54) is 19.1 Å². The Kier molecular flexibility index (Phi) is 4.16. The summed E-state index contributed by atoms with van der Waals surface area (Å²) in [5.74, 6) is 0.0200. The molecule has 0 amide bonds. The molecule has 0 saturated carbocycles. The third-order valence-corrected chi connectivity index (χ3v) is 3.49. The van der Waals surface area contributed by atoms with Crippen molar-refractivity contribution in [2.45, 2.75) is 33.7 Å². The third-order valence-electron chi connectivity index (χ3n) is 3.49. The molecule has 0 aliphatic heterocycles. The van der Waals surface area contributed by atoms with Crippen LogP contribution in [-0.4, -0.2) is 20.5 Å². The Morgan fingerprint density at radius 2 is 1.90 bits per heavy atom. The van der Waals surface area contributed by atoms with Crippen molar-refractivity contribution in [3.63, 3.8) is 0 Å². The predicted octanol–water partition coefficient (Wildman–Crippen LogP) is 2.85. The van der Waals surface area contributed by atoms with Crippen molar-refractivity contribution in [3.05, 3.63) is 56.9 Å². The Hall–Kier alpha value is -2.50. The molecule has 0 aliphatic carbocycles. The average Bonchev–Trinajstić information content (AvgIpc) is 2.71. The van der Waals surface area contributed by atoms with E-state index in [9.17, 15) is 14.9 Å². The number of carbonyl (C=O) groups excluding carboxylic acids is 1. The van der Waals surface area contributed by atoms with E-state index in [4.69, 9.17) is 0 Å². The van der Waals surface area contributed by atoms with Gasteiger partial charge in [0, 0.05) is 24.4 Å². The standard InChI is InChI=1S/C15H17N3O3/c1-10-15(12(3)19)11(2)17(16-10)9-8-13-4-6-14(7-5-13)18(20)21/h4-7H,8-9H2,1-3H3. The Labute approximate surface area is 122 Å². The van der Waals surface area contributed by atoms with E-state index in [0.29, 0.717) is 18.5 Å². The lowest BCUT2D eigenvalue weighted by atomic mass is 10.1. The van der Waals surface area contributed by atoms with Gasteiger partial charge in [-0.25, -0.2) is 0 Å². The van der Waals surface area contributed by atoms with Gasteiger partial charge in [-0.1, -0.05) is 12.1 Å². The minimum absolute atomic E-state index is 0.0200. The summed E-state index contributed by atoms with van der Waals surface area (Å²) < 4.78 is 1.81. The Balaban J connectivity index is 2.11. The van der Waals surface area contributed by atoms with E-state index in [1.54, 1.807) is 12.1 Å². The lowest BCUT2D eigenvalue weighted by Crippen LogP contribution is -2.06. The zero-order valence-electron chi connectivity index (χ0n) is 12.3. The number of Topliss-reactive ketones (excluding diaryl/α,β-unsaturated/α-hetero) is 1. The summed E-state index contributed by atoms with van der Waals surface area (Å²) >= 11 is 0. The zero-order valence-corrected chi connectivity index (χ0v) is 12.3. The number of hydrogen-bond acceptors (Lipinski definition) is 4. The van der Waals surface area contributed by atoms with Gasteiger partial charge in [-0.15, -0.1) is 0 Å².